The van der Waals surface area contributed by atoms with Gasteiger partial charge in [-0.2, -0.15) is 0 Å². The highest BCUT2D eigenvalue weighted by atomic mass is 35.5. The van der Waals surface area contributed by atoms with E-state index in [-0.39, 0.29) is 0 Å². The highest BCUT2D eigenvalue weighted by Crippen LogP contribution is 2.42. The van der Waals surface area contributed by atoms with E-state index in [1.165, 1.54) is 32.7 Å². The zero-order chi connectivity index (χ0) is 20.8. The molecule has 3 heterocycles. The van der Waals surface area contributed by atoms with Crippen molar-refractivity contribution in [3.05, 3.63) is 100 Å². The van der Waals surface area contributed by atoms with E-state index in [0.717, 1.165) is 23.8 Å². The molecule has 3 aromatic rings. The molecule has 0 amide bonds. The van der Waals surface area contributed by atoms with E-state index >= 15 is 0 Å². The molecule has 1 aromatic carbocycles. The van der Waals surface area contributed by atoms with Crippen LogP contribution < -0.4 is 0 Å². The number of allylic oxidation sites excluding steroid dienone is 2. The first-order valence-electron chi connectivity index (χ1n) is 9.80. The van der Waals surface area contributed by atoms with E-state index in [0.29, 0.717) is 5.92 Å². The van der Waals surface area contributed by atoms with E-state index in [1.54, 1.807) is 23.5 Å². The number of halogens is 1. The summed E-state index contributed by atoms with van der Waals surface area (Å²) in [5.74, 6) is 0.346. The molecule has 2 nitrogen and oxygen atoms in total. The van der Waals surface area contributed by atoms with Crippen molar-refractivity contribution in [1.82, 2.24) is 9.88 Å². The van der Waals surface area contributed by atoms with Crippen LogP contribution in [0.1, 0.15) is 34.4 Å². The molecule has 150 valence electrons. The number of likely N-dealkylation sites (N-methyl/N-ethyl adjacent to an activating group) is 1. The molecule has 0 bridgehead atoms. The summed E-state index contributed by atoms with van der Waals surface area (Å²) in [4.78, 5) is 8.23. The first kappa shape index (κ1) is 21.5. The van der Waals surface area contributed by atoms with Gasteiger partial charge in [0.1, 0.15) is 0 Å². The van der Waals surface area contributed by atoms with Crippen molar-refractivity contribution in [2.24, 2.45) is 0 Å². The van der Waals surface area contributed by atoms with Gasteiger partial charge in [0.05, 0.1) is 4.34 Å². The molecule has 29 heavy (non-hydrogen) atoms. The average Bonchev–Trinajstić information content (AvgIpc) is 3.13. The summed E-state index contributed by atoms with van der Waals surface area (Å²) in [6.07, 6.45) is 8.21. The number of thiophene rings is 1. The van der Waals surface area contributed by atoms with E-state index in [2.05, 4.69) is 73.4 Å². The second-order valence-corrected chi connectivity index (χ2v) is 8.94. The SMILES string of the molecule is C=CC=C.CCc1cncc(-c2ccccc2C2CN(C)Cc3sc(Cl)cc32)c1. The monoisotopic (exact) mass is 422 g/mol. The standard InChI is InChI=1S/C21H21ClN2S.C4H6/c1-3-14-8-15(11-23-10-14)16-6-4-5-7-17(16)19-12-24(2)13-20-18(19)9-21(22)25-20;1-3-4-2/h4-11,19H,3,12-13H2,1-2H3;3-4H,1-2H2. The molecule has 1 unspecified atom stereocenters. The Morgan fingerprint density at radius 3 is 2.66 bits per heavy atom. The maximum absolute atomic E-state index is 6.34. The molecular formula is C25H27ClN2S. The van der Waals surface area contributed by atoms with Crippen molar-refractivity contribution in [2.45, 2.75) is 25.8 Å². The van der Waals surface area contributed by atoms with E-state index in [1.807, 2.05) is 12.4 Å². The van der Waals surface area contributed by atoms with Crippen molar-refractivity contribution < 1.29 is 0 Å². The molecule has 0 N–H and O–H groups in total. The Balaban J connectivity index is 0.000000552. The van der Waals surface area contributed by atoms with Gasteiger partial charge in [-0.25, -0.2) is 0 Å². The zero-order valence-electron chi connectivity index (χ0n) is 17.1. The van der Waals surface area contributed by atoms with Crippen molar-refractivity contribution >= 4 is 22.9 Å². The molecule has 4 rings (SSSR count). The molecule has 0 fully saturated rings. The van der Waals surface area contributed by atoms with Crippen LogP contribution in [0.4, 0.5) is 0 Å². The lowest BCUT2D eigenvalue weighted by Gasteiger charge is -2.31. The fourth-order valence-electron chi connectivity index (χ4n) is 3.70. The highest BCUT2D eigenvalue weighted by Gasteiger charge is 2.28. The second-order valence-electron chi connectivity index (χ2n) is 7.17. The van der Waals surface area contributed by atoms with Crippen LogP contribution in [0.25, 0.3) is 11.1 Å². The lowest BCUT2D eigenvalue weighted by Crippen LogP contribution is -2.30. The fraction of sp³-hybridized carbons (Fsp3) is 0.240. The summed E-state index contributed by atoms with van der Waals surface area (Å²) < 4.78 is 0.887. The van der Waals surface area contributed by atoms with Gasteiger partial charge in [0, 0.05) is 41.8 Å². The largest absolute Gasteiger partial charge is 0.300 e. The minimum absolute atomic E-state index is 0.346. The van der Waals surface area contributed by atoms with Gasteiger partial charge in [0.2, 0.25) is 0 Å². The number of hydrogen-bond donors (Lipinski definition) is 0. The van der Waals surface area contributed by atoms with Gasteiger partial charge >= 0.3 is 0 Å². The fourth-order valence-corrected chi connectivity index (χ4v) is 5.13. The average molecular weight is 423 g/mol. The number of aromatic nitrogens is 1. The van der Waals surface area contributed by atoms with Crippen LogP contribution in [-0.4, -0.2) is 23.5 Å². The lowest BCUT2D eigenvalue weighted by atomic mass is 9.84. The Kier molecular flexibility index (Phi) is 7.43. The van der Waals surface area contributed by atoms with Gasteiger partial charge in [-0.3, -0.25) is 4.98 Å². The summed E-state index contributed by atoms with van der Waals surface area (Å²) >= 11 is 8.05. The van der Waals surface area contributed by atoms with Crippen molar-refractivity contribution in [3.63, 3.8) is 0 Å². The van der Waals surface area contributed by atoms with Crippen LogP contribution in [-0.2, 0) is 13.0 Å². The summed E-state index contributed by atoms with van der Waals surface area (Å²) in [6, 6.07) is 13.2. The third kappa shape index (κ3) is 5.05. The molecule has 0 radical (unpaired) electrons. The van der Waals surface area contributed by atoms with Crippen LogP contribution in [0.3, 0.4) is 0 Å². The third-order valence-corrected chi connectivity index (χ3v) is 6.38. The van der Waals surface area contributed by atoms with E-state index in [4.69, 9.17) is 11.6 Å². The van der Waals surface area contributed by atoms with Crippen LogP contribution in [0.15, 0.2) is 74.1 Å². The number of benzene rings is 1. The molecule has 0 spiro atoms. The number of rotatable bonds is 4. The van der Waals surface area contributed by atoms with Crippen molar-refractivity contribution in [3.8, 4) is 11.1 Å². The molecule has 0 saturated carbocycles. The van der Waals surface area contributed by atoms with Gasteiger partial charge in [-0.1, -0.05) is 68.1 Å². The predicted octanol–water partition coefficient (Wildman–Crippen LogP) is 6.96. The Bertz CT molecular complexity index is 986. The van der Waals surface area contributed by atoms with Crippen LogP contribution >= 0.6 is 22.9 Å². The molecule has 1 aliphatic rings. The smallest absolute Gasteiger partial charge is 0.0934 e. The summed E-state index contributed by atoms with van der Waals surface area (Å²) in [6.45, 7) is 10.9. The summed E-state index contributed by atoms with van der Waals surface area (Å²) in [7, 11) is 2.19. The van der Waals surface area contributed by atoms with Gasteiger partial charge in [-0.15, -0.1) is 11.3 Å². The minimum Gasteiger partial charge on any atom is -0.300 e. The number of hydrogen-bond acceptors (Lipinski definition) is 3. The van der Waals surface area contributed by atoms with Gasteiger partial charge in [0.15, 0.2) is 0 Å². The number of pyridine rings is 1. The maximum Gasteiger partial charge on any atom is 0.0934 e. The van der Waals surface area contributed by atoms with Gasteiger partial charge in [0.25, 0.3) is 0 Å². The van der Waals surface area contributed by atoms with Crippen LogP contribution in [0.2, 0.25) is 4.34 Å². The molecular weight excluding hydrogens is 396 g/mol. The predicted molar refractivity (Wildman–Crippen MR) is 127 cm³/mol. The van der Waals surface area contributed by atoms with E-state index in [9.17, 15) is 0 Å². The normalized spacial score (nSPS) is 15.8. The first-order valence-corrected chi connectivity index (χ1v) is 11.0. The maximum atomic E-state index is 6.34. The Hall–Kier alpha value is -2.20. The third-order valence-electron chi connectivity index (χ3n) is 5.11. The first-order chi connectivity index (χ1) is 14.1. The second kappa shape index (κ2) is 10.0. The summed E-state index contributed by atoms with van der Waals surface area (Å²) in [5.41, 5.74) is 6.50. The molecule has 4 heteroatoms. The number of aryl methyl sites for hydroxylation is 1. The Morgan fingerprint density at radius 1 is 1.17 bits per heavy atom. The Morgan fingerprint density at radius 2 is 1.93 bits per heavy atom. The quantitative estimate of drug-likeness (QED) is 0.422. The van der Waals surface area contributed by atoms with E-state index < -0.39 is 0 Å². The molecule has 1 aliphatic heterocycles. The number of nitrogens with zero attached hydrogens (tertiary/aromatic N) is 2. The van der Waals surface area contributed by atoms with Crippen molar-refractivity contribution in [1.29, 1.82) is 0 Å². The molecule has 2 aromatic heterocycles. The Labute approximate surface area is 183 Å². The van der Waals surface area contributed by atoms with Crippen LogP contribution in [0.5, 0.6) is 0 Å². The van der Waals surface area contributed by atoms with Crippen LogP contribution in [0, 0.1) is 0 Å². The molecule has 1 atom stereocenters. The molecule has 0 saturated heterocycles. The van der Waals surface area contributed by atoms with Gasteiger partial charge < -0.3 is 4.90 Å². The topological polar surface area (TPSA) is 16.1 Å². The van der Waals surface area contributed by atoms with Gasteiger partial charge in [-0.05, 0) is 47.9 Å². The zero-order valence-corrected chi connectivity index (χ0v) is 18.6. The lowest BCUT2D eigenvalue weighted by molar-refractivity contribution is 0.299. The minimum atomic E-state index is 0.346. The molecule has 0 aliphatic carbocycles. The highest BCUT2D eigenvalue weighted by molar-refractivity contribution is 7.16. The summed E-state index contributed by atoms with van der Waals surface area (Å²) in [5, 5.41) is 0. The number of fused-ring (bicyclic) bond motifs is 1. The van der Waals surface area contributed by atoms with Crippen molar-refractivity contribution in [2.75, 3.05) is 13.6 Å².